The summed E-state index contributed by atoms with van der Waals surface area (Å²) < 4.78 is 5.38. The molecular weight excluding hydrogens is 252 g/mol. The van der Waals surface area contributed by atoms with Crippen LogP contribution in [0, 0.1) is 0 Å². The molecule has 1 aromatic heterocycles. The van der Waals surface area contributed by atoms with Gasteiger partial charge in [0.15, 0.2) is 5.82 Å². The number of nitrogens with two attached hydrogens (primary N) is 1. The van der Waals surface area contributed by atoms with Crippen LogP contribution in [0.1, 0.15) is 25.8 Å². The summed E-state index contributed by atoms with van der Waals surface area (Å²) in [6.07, 6.45) is 3.54. The summed E-state index contributed by atoms with van der Waals surface area (Å²) in [4.78, 5) is 8.22. The SMILES string of the molecule is CCCc1ccccc1Nc1ncnc(OCC)c1N. The highest BCUT2D eigenvalue weighted by molar-refractivity contribution is 5.73. The van der Waals surface area contributed by atoms with Crippen LogP contribution in [0.5, 0.6) is 5.88 Å². The Balaban J connectivity index is 2.28. The van der Waals surface area contributed by atoms with Crippen LogP contribution in [-0.2, 0) is 6.42 Å². The largest absolute Gasteiger partial charge is 0.476 e. The molecular formula is C15H20N4O. The summed E-state index contributed by atoms with van der Waals surface area (Å²) in [5, 5.41) is 3.27. The van der Waals surface area contributed by atoms with Gasteiger partial charge in [0, 0.05) is 5.69 Å². The molecule has 0 fully saturated rings. The van der Waals surface area contributed by atoms with Gasteiger partial charge in [0.05, 0.1) is 6.61 Å². The fraction of sp³-hybridized carbons (Fsp3) is 0.333. The van der Waals surface area contributed by atoms with E-state index in [1.54, 1.807) is 0 Å². The molecule has 0 aliphatic carbocycles. The second-order valence-electron chi connectivity index (χ2n) is 4.41. The van der Waals surface area contributed by atoms with Crippen LogP contribution in [0.25, 0.3) is 0 Å². The topological polar surface area (TPSA) is 73.1 Å². The molecule has 5 heteroatoms. The number of anilines is 3. The predicted octanol–water partition coefficient (Wildman–Crippen LogP) is 3.15. The van der Waals surface area contributed by atoms with Gasteiger partial charge in [-0.2, -0.15) is 4.98 Å². The summed E-state index contributed by atoms with van der Waals surface area (Å²) in [5.74, 6) is 0.991. The van der Waals surface area contributed by atoms with Gasteiger partial charge in [0.2, 0.25) is 5.88 Å². The van der Waals surface area contributed by atoms with E-state index in [1.807, 2.05) is 25.1 Å². The van der Waals surface area contributed by atoms with Crippen molar-refractivity contribution in [1.29, 1.82) is 0 Å². The van der Waals surface area contributed by atoms with Crippen LogP contribution in [0.15, 0.2) is 30.6 Å². The lowest BCUT2D eigenvalue weighted by Gasteiger charge is -2.13. The van der Waals surface area contributed by atoms with Crippen LogP contribution in [0.3, 0.4) is 0 Å². The number of benzene rings is 1. The number of nitrogen functional groups attached to an aromatic ring is 1. The Morgan fingerprint density at radius 2 is 2.00 bits per heavy atom. The summed E-state index contributed by atoms with van der Waals surface area (Å²) in [6, 6.07) is 8.15. The van der Waals surface area contributed by atoms with Gasteiger partial charge in [0.1, 0.15) is 12.0 Å². The van der Waals surface area contributed by atoms with Gasteiger partial charge in [-0.3, -0.25) is 0 Å². The molecule has 0 atom stereocenters. The molecule has 0 aliphatic heterocycles. The molecule has 0 unspecified atom stereocenters. The van der Waals surface area contributed by atoms with E-state index in [1.165, 1.54) is 11.9 Å². The van der Waals surface area contributed by atoms with Crippen molar-refractivity contribution in [1.82, 2.24) is 9.97 Å². The third-order valence-corrected chi connectivity index (χ3v) is 2.92. The maximum absolute atomic E-state index is 6.03. The fourth-order valence-electron chi connectivity index (χ4n) is 1.99. The number of aryl methyl sites for hydroxylation is 1. The summed E-state index contributed by atoms with van der Waals surface area (Å²) >= 11 is 0. The molecule has 0 aliphatic rings. The van der Waals surface area contributed by atoms with Crippen molar-refractivity contribution in [3.05, 3.63) is 36.2 Å². The maximum Gasteiger partial charge on any atom is 0.242 e. The zero-order valence-electron chi connectivity index (χ0n) is 11.9. The highest BCUT2D eigenvalue weighted by Gasteiger charge is 2.10. The zero-order chi connectivity index (χ0) is 14.4. The van der Waals surface area contributed by atoms with E-state index in [9.17, 15) is 0 Å². The van der Waals surface area contributed by atoms with Crippen LogP contribution in [0.4, 0.5) is 17.2 Å². The second-order valence-corrected chi connectivity index (χ2v) is 4.41. The molecule has 1 heterocycles. The molecule has 2 rings (SSSR count). The molecule has 20 heavy (non-hydrogen) atoms. The number of aromatic nitrogens is 2. The van der Waals surface area contributed by atoms with Crippen LogP contribution >= 0.6 is 0 Å². The van der Waals surface area contributed by atoms with Gasteiger partial charge < -0.3 is 15.8 Å². The molecule has 106 valence electrons. The van der Waals surface area contributed by atoms with Gasteiger partial charge >= 0.3 is 0 Å². The first kappa shape index (κ1) is 14.1. The van der Waals surface area contributed by atoms with Crippen LogP contribution < -0.4 is 15.8 Å². The molecule has 5 nitrogen and oxygen atoms in total. The van der Waals surface area contributed by atoms with Crippen molar-refractivity contribution in [3.63, 3.8) is 0 Å². The van der Waals surface area contributed by atoms with Crippen LogP contribution in [0.2, 0.25) is 0 Å². The molecule has 3 N–H and O–H groups in total. The van der Waals surface area contributed by atoms with E-state index in [-0.39, 0.29) is 0 Å². The van der Waals surface area contributed by atoms with Crippen LogP contribution in [-0.4, -0.2) is 16.6 Å². The number of nitrogens with zero attached hydrogens (tertiary/aromatic N) is 2. The van der Waals surface area contributed by atoms with E-state index in [2.05, 4.69) is 28.3 Å². The summed E-state index contributed by atoms with van der Waals surface area (Å²) in [5.41, 5.74) is 8.72. The number of rotatable bonds is 6. The lowest BCUT2D eigenvalue weighted by Crippen LogP contribution is -2.06. The molecule has 0 bridgehead atoms. The van der Waals surface area contributed by atoms with Crippen molar-refractivity contribution >= 4 is 17.2 Å². The van der Waals surface area contributed by atoms with Gasteiger partial charge in [-0.1, -0.05) is 31.5 Å². The van der Waals surface area contributed by atoms with Crippen molar-refractivity contribution in [2.75, 3.05) is 17.7 Å². The normalized spacial score (nSPS) is 10.3. The molecule has 0 spiro atoms. The summed E-state index contributed by atoms with van der Waals surface area (Å²) in [6.45, 7) is 4.57. The Morgan fingerprint density at radius 1 is 1.20 bits per heavy atom. The molecule has 0 saturated carbocycles. The average Bonchev–Trinajstić information content (AvgIpc) is 2.46. The van der Waals surface area contributed by atoms with Crippen molar-refractivity contribution < 1.29 is 4.74 Å². The Morgan fingerprint density at radius 3 is 2.75 bits per heavy atom. The van der Waals surface area contributed by atoms with Crippen molar-refractivity contribution in [2.45, 2.75) is 26.7 Å². The van der Waals surface area contributed by atoms with Gasteiger partial charge in [-0.05, 0) is 25.0 Å². The minimum absolute atomic E-state index is 0.415. The minimum atomic E-state index is 0.415. The number of para-hydroxylation sites is 1. The Labute approximate surface area is 119 Å². The highest BCUT2D eigenvalue weighted by atomic mass is 16.5. The lowest BCUT2D eigenvalue weighted by atomic mass is 10.1. The quantitative estimate of drug-likeness (QED) is 0.845. The van der Waals surface area contributed by atoms with E-state index in [4.69, 9.17) is 10.5 Å². The third-order valence-electron chi connectivity index (χ3n) is 2.92. The number of hydrogen-bond acceptors (Lipinski definition) is 5. The van der Waals surface area contributed by atoms with E-state index in [0.717, 1.165) is 18.5 Å². The van der Waals surface area contributed by atoms with Crippen molar-refractivity contribution in [2.24, 2.45) is 0 Å². The maximum atomic E-state index is 6.03. The Kier molecular flexibility index (Phi) is 4.76. The van der Waals surface area contributed by atoms with Gasteiger partial charge in [0.25, 0.3) is 0 Å². The fourth-order valence-corrected chi connectivity index (χ4v) is 1.99. The zero-order valence-corrected chi connectivity index (χ0v) is 11.9. The molecule has 0 radical (unpaired) electrons. The smallest absolute Gasteiger partial charge is 0.242 e. The minimum Gasteiger partial charge on any atom is -0.476 e. The van der Waals surface area contributed by atoms with E-state index in [0.29, 0.717) is 24.0 Å². The van der Waals surface area contributed by atoms with E-state index < -0.39 is 0 Å². The highest BCUT2D eigenvalue weighted by Crippen LogP contribution is 2.29. The number of nitrogens with one attached hydrogen (secondary N) is 1. The third kappa shape index (κ3) is 3.17. The van der Waals surface area contributed by atoms with Gasteiger partial charge in [-0.15, -0.1) is 0 Å². The Hall–Kier alpha value is -2.30. The van der Waals surface area contributed by atoms with E-state index >= 15 is 0 Å². The first-order valence-electron chi connectivity index (χ1n) is 6.84. The standard InChI is InChI=1S/C15H20N4O/c1-3-7-11-8-5-6-9-12(11)19-14-13(16)15(20-4-2)18-10-17-14/h5-6,8-10H,3-4,7,16H2,1-2H3,(H,17,18,19). The molecule has 0 amide bonds. The summed E-state index contributed by atoms with van der Waals surface area (Å²) in [7, 11) is 0. The monoisotopic (exact) mass is 272 g/mol. The average molecular weight is 272 g/mol. The van der Waals surface area contributed by atoms with Crippen molar-refractivity contribution in [3.8, 4) is 5.88 Å². The van der Waals surface area contributed by atoms with Gasteiger partial charge in [-0.25, -0.2) is 4.98 Å². The Bertz CT molecular complexity index is 572. The first-order chi connectivity index (χ1) is 9.76. The predicted molar refractivity (Wildman–Crippen MR) is 81.3 cm³/mol. The molecule has 1 aromatic carbocycles. The first-order valence-corrected chi connectivity index (χ1v) is 6.84. The number of hydrogen-bond donors (Lipinski definition) is 2. The number of ether oxygens (including phenoxy) is 1. The molecule has 0 saturated heterocycles. The lowest BCUT2D eigenvalue weighted by molar-refractivity contribution is 0.328. The molecule has 2 aromatic rings. The second kappa shape index (κ2) is 6.75.